The predicted octanol–water partition coefficient (Wildman–Crippen LogP) is 1.41. The van der Waals surface area contributed by atoms with E-state index in [1.165, 1.54) is 0 Å². The van der Waals surface area contributed by atoms with Crippen LogP contribution in [0.3, 0.4) is 0 Å². The Hall–Kier alpha value is 0.620. The largest absolute Gasteiger partial charge is 0.378 e. The van der Waals surface area contributed by atoms with Crippen molar-refractivity contribution in [2.75, 3.05) is 37.9 Å². The highest BCUT2D eigenvalue weighted by Crippen LogP contribution is 2.20. The molecule has 0 radical (unpaired) electrons. The first-order valence-electron chi connectivity index (χ1n) is 3.40. The molecule has 1 fully saturated rings. The van der Waals surface area contributed by atoms with Crippen LogP contribution >= 0.6 is 21.6 Å². The lowest BCUT2D eigenvalue weighted by Crippen LogP contribution is -2.09. The molecule has 2 nitrogen and oxygen atoms in total. The van der Waals surface area contributed by atoms with Crippen molar-refractivity contribution in [2.45, 2.75) is 0 Å². The molecule has 0 saturated carbocycles. The highest BCUT2D eigenvalue weighted by molar-refractivity contribution is 8.76. The summed E-state index contributed by atoms with van der Waals surface area (Å²) in [5.74, 6) is 2.20. The van der Waals surface area contributed by atoms with Crippen molar-refractivity contribution in [3.8, 4) is 0 Å². The normalized spacial score (nSPS) is 24.0. The van der Waals surface area contributed by atoms with Gasteiger partial charge in [0.25, 0.3) is 0 Å². The maximum Gasteiger partial charge on any atom is 0.0700 e. The molecule has 1 aliphatic rings. The third kappa shape index (κ3) is 4.44. The third-order valence-corrected chi connectivity index (χ3v) is 3.41. The van der Waals surface area contributed by atoms with Gasteiger partial charge in [0.2, 0.25) is 0 Å². The van der Waals surface area contributed by atoms with Crippen LogP contribution in [-0.2, 0) is 9.47 Å². The van der Waals surface area contributed by atoms with Crippen LogP contribution < -0.4 is 0 Å². The number of hydrogen-bond donors (Lipinski definition) is 0. The first-order valence-corrected chi connectivity index (χ1v) is 5.89. The van der Waals surface area contributed by atoms with E-state index in [2.05, 4.69) is 0 Å². The minimum Gasteiger partial charge on any atom is -0.378 e. The first kappa shape index (κ1) is 8.71. The van der Waals surface area contributed by atoms with Gasteiger partial charge in [-0.15, -0.1) is 0 Å². The van der Waals surface area contributed by atoms with Crippen LogP contribution in [0.25, 0.3) is 0 Å². The monoisotopic (exact) mass is 180 g/mol. The van der Waals surface area contributed by atoms with Crippen LogP contribution in [0, 0.1) is 0 Å². The quantitative estimate of drug-likeness (QED) is 0.524. The number of hydrogen-bond acceptors (Lipinski definition) is 4. The summed E-state index contributed by atoms with van der Waals surface area (Å²) in [5.41, 5.74) is 0. The summed E-state index contributed by atoms with van der Waals surface area (Å²) < 4.78 is 10.5. The van der Waals surface area contributed by atoms with Gasteiger partial charge >= 0.3 is 0 Å². The van der Waals surface area contributed by atoms with E-state index >= 15 is 0 Å². The molecule has 0 aromatic carbocycles. The lowest BCUT2D eigenvalue weighted by molar-refractivity contribution is 0.0603. The standard InChI is InChI=1S/C6H12O2S2/c1-2-8-4-6-10-9-5-3-7-1/h1-6H2. The second-order valence-corrected chi connectivity index (χ2v) is 4.57. The Bertz CT molecular complexity index is 46.9. The van der Waals surface area contributed by atoms with Crippen molar-refractivity contribution in [3.63, 3.8) is 0 Å². The summed E-state index contributed by atoms with van der Waals surface area (Å²) in [6.45, 7) is 3.23. The van der Waals surface area contributed by atoms with Gasteiger partial charge < -0.3 is 9.47 Å². The summed E-state index contributed by atoms with van der Waals surface area (Å²) in [4.78, 5) is 0. The highest BCUT2D eigenvalue weighted by atomic mass is 33.1. The van der Waals surface area contributed by atoms with Crippen molar-refractivity contribution in [1.82, 2.24) is 0 Å². The van der Waals surface area contributed by atoms with E-state index < -0.39 is 0 Å². The summed E-state index contributed by atoms with van der Waals surface area (Å²) in [5, 5.41) is 0. The molecule has 60 valence electrons. The molecule has 0 aliphatic carbocycles. The average Bonchev–Trinajstić information content (AvgIpc) is 2.01. The molecular formula is C6H12O2S2. The zero-order valence-electron chi connectivity index (χ0n) is 5.88. The fourth-order valence-corrected chi connectivity index (χ4v) is 2.35. The second-order valence-electron chi connectivity index (χ2n) is 1.87. The molecule has 0 aromatic heterocycles. The fourth-order valence-electron chi connectivity index (χ4n) is 0.626. The minimum atomic E-state index is 0.755. The fraction of sp³-hybridized carbons (Fsp3) is 1.00. The average molecular weight is 180 g/mol. The van der Waals surface area contributed by atoms with Crippen LogP contribution in [0.4, 0.5) is 0 Å². The highest BCUT2D eigenvalue weighted by Gasteiger charge is 1.95. The summed E-state index contributed by atoms with van der Waals surface area (Å²) in [6, 6.07) is 0. The maximum atomic E-state index is 5.25. The molecule has 10 heavy (non-hydrogen) atoms. The molecular weight excluding hydrogens is 168 g/mol. The van der Waals surface area contributed by atoms with E-state index in [1.807, 2.05) is 21.6 Å². The van der Waals surface area contributed by atoms with E-state index in [0.717, 1.165) is 37.9 Å². The summed E-state index contributed by atoms with van der Waals surface area (Å²) in [6.07, 6.45) is 0. The van der Waals surface area contributed by atoms with Gasteiger partial charge in [-0.05, 0) is 0 Å². The molecule has 1 heterocycles. The molecule has 0 N–H and O–H groups in total. The minimum absolute atomic E-state index is 0.755. The third-order valence-electron chi connectivity index (χ3n) is 1.08. The van der Waals surface area contributed by atoms with Crippen LogP contribution in [0.1, 0.15) is 0 Å². The SMILES string of the molecule is C1COCCSSCCO1. The molecule has 1 saturated heterocycles. The van der Waals surface area contributed by atoms with E-state index in [-0.39, 0.29) is 0 Å². The Morgan fingerprint density at radius 2 is 1.20 bits per heavy atom. The van der Waals surface area contributed by atoms with Crippen molar-refractivity contribution in [3.05, 3.63) is 0 Å². The Morgan fingerprint density at radius 3 is 1.70 bits per heavy atom. The summed E-state index contributed by atoms with van der Waals surface area (Å²) in [7, 11) is 3.73. The van der Waals surface area contributed by atoms with Gasteiger partial charge in [0.1, 0.15) is 0 Å². The van der Waals surface area contributed by atoms with Gasteiger partial charge in [-0.2, -0.15) is 0 Å². The van der Waals surface area contributed by atoms with Crippen molar-refractivity contribution < 1.29 is 9.47 Å². The van der Waals surface area contributed by atoms with E-state index in [4.69, 9.17) is 9.47 Å². The van der Waals surface area contributed by atoms with Crippen LogP contribution in [0.2, 0.25) is 0 Å². The Balaban J connectivity index is 2.00. The van der Waals surface area contributed by atoms with Crippen LogP contribution in [0.5, 0.6) is 0 Å². The first-order chi connectivity index (χ1) is 5.00. The lowest BCUT2D eigenvalue weighted by atomic mass is 10.7. The molecule has 4 heteroatoms. The lowest BCUT2D eigenvalue weighted by Gasteiger charge is -2.07. The zero-order valence-corrected chi connectivity index (χ0v) is 7.51. The van der Waals surface area contributed by atoms with Gasteiger partial charge in [0, 0.05) is 11.5 Å². The maximum absolute atomic E-state index is 5.25. The van der Waals surface area contributed by atoms with Crippen LogP contribution in [-0.4, -0.2) is 37.9 Å². The molecule has 0 spiro atoms. The van der Waals surface area contributed by atoms with Crippen LogP contribution in [0.15, 0.2) is 0 Å². The van der Waals surface area contributed by atoms with E-state index in [9.17, 15) is 0 Å². The van der Waals surface area contributed by atoms with Gasteiger partial charge in [-0.25, -0.2) is 0 Å². The Labute approximate surface area is 69.4 Å². The Kier molecular flexibility index (Phi) is 5.52. The molecule has 0 atom stereocenters. The van der Waals surface area contributed by atoms with E-state index in [1.54, 1.807) is 0 Å². The topological polar surface area (TPSA) is 18.5 Å². The molecule has 0 bridgehead atoms. The molecule has 1 rings (SSSR count). The van der Waals surface area contributed by atoms with Gasteiger partial charge in [-0.1, -0.05) is 21.6 Å². The van der Waals surface area contributed by atoms with Gasteiger partial charge in [-0.3, -0.25) is 0 Å². The molecule has 0 unspecified atom stereocenters. The molecule has 0 amide bonds. The van der Waals surface area contributed by atoms with Crippen molar-refractivity contribution in [1.29, 1.82) is 0 Å². The second kappa shape index (κ2) is 6.34. The Morgan fingerprint density at radius 1 is 0.700 bits per heavy atom. The smallest absolute Gasteiger partial charge is 0.0700 e. The van der Waals surface area contributed by atoms with Gasteiger partial charge in [0.15, 0.2) is 0 Å². The zero-order chi connectivity index (χ0) is 7.07. The van der Waals surface area contributed by atoms with Crippen molar-refractivity contribution >= 4 is 21.6 Å². The van der Waals surface area contributed by atoms with Gasteiger partial charge in [0.05, 0.1) is 26.4 Å². The number of ether oxygens (including phenoxy) is 2. The number of rotatable bonds is 0. The molecule has 0 aromatic rings. The summed E-state index contributed by atoms with van der Waals surface area (Å²) >= 11 is 0. The predicted molar refractivity (Wildman–Crippen MR) is 46.6 cm³/mol. The van der Waals surface area contributed by atoms with E-state index in [0.29, 0.717) is 0 Å². The van der Waals surface area contributed by atoms with Crippen molar-refractivity contribution in [2.24, 2.45) is 0 Å². The molecule has 1 aliphatic heterocycles.